The number of hydrogen-bond acceptors (Lipinski definition) is 3. The van der Waals surface area contributed by atoms with E-state index in [1.54, 1.807) is 17.0 Å². The Morgan fingerprint density at radius 2 is 1.57 bits per heavy atom. The highest BCUT2D eigenvalue weighted by Crippen LogP contribution is 2.24. The lowest BCUT2D eigenvalue weighted by Crippen LogP contribution is -2.50. The predicted molar refractivity (Wildman–Crippen MR) is 109 cm³/mol. The molecular formula is C22H26N2O3S. The Labute approximate surface area is 167 Å². The number of sulfonamides is 1. The Kier molecular flexibility index (Phi) is 5.02. The summed E-state index contributed by atoms with van der Waals surface area (Å²) in [4.78, 5) is 15.0. The van der Waals surface area contributed by atoms with Crippen LogP contribution in [-0.4, -0.2) is 49.7 Å². The number of aryl methyl sites for hydroxylation is 4. The van der Waals surface area contributed by atoms with Crippen LogP contribution in [0.2, 0.25) is 0 Å². The molecule has 1 saturated heterocycles. The average Bonchev–Trinajstić information content (AvgIpc) is 3.17. The maximum atomic E-state index is 12.9. The van der Waals surface area contributed by atoms with Crippen molar-refractivity contribution in [1.29, 1.82) is 0 Å². The van der Waals surface area contributed by atoms with E-state index in [1.165, 1.54) is 15.4 Å². The van der Waals surface area contributed by atoms with Gasteiger partial charge in [0.15, 0.2) is 0 Å². The van der Waals surface area contributed by atoms with Gasteiger partial charge in [-0.2, -0.15) is 4.31 Å². The summed E-state index contributed by atoms with van der Waals surface area (Å²) in [7, 11) is -3.53. The fraction of sp³-hybridized carbons (Fsp3) is 0.409. The van der Waals surface area contributed by atoms with Gasteiger partial charge in [0.2, 0.25) is 10.0 Å². The summed E-state index contributed by atoms with van der Waals surface area (Å²) < 4.78 is 27.4. The van der Waals surface area contributed by atoms with Crippen molar-refractivity contribution in [2.24, 2.45) is 0 Å². The van der Waals surface area contributed by atoms with E-state index in [0.717, 1.165) is 30.4 Å². The fourth-order valence-electron chi connectivity index (χ4n) is 4.04. The van der Waals surface area contributed by atoms with Gasteiger partial charge in [-0.3, -0.25) is 4.79 Å². The van der Waals surface area contributed by atoms with E-state index >= 15 is 0 Å². The van der Waals surface area contributed by atoms with Crippen LogP contribution in [0.1, 0.15) is 39.0 Å². The van der Waals surface area contributed by atoms with Crippen LogP contribution >= 0.6 is 0 Å². The molecule has 0 spiro atoms. The lowest BCUT2D eigenvalue weighted by molar-refractivity contribution is 0.0698. The number of hydrogen-bond donors (Lipinski definition) is 0. The molecule has 1 aliphatic carbocycles. The van der Waals surface area contributed by atoms with Crippen molar-refractivity contribution in [3.05, 3.63) is 64.2 Å². The highest BCUT2D eigenvalue weighted by Gasteiger charge is 2.30. The molecule has 2 aromatic rings. The topological polar surface area (TPSA) is 57.7 Å². The molecule has 1 amide bonds. The molecule has 148 valence electrons. The van der Waals surface area contributed by atoms with Crippen molar-refractivity contribution in [3.63, 3.8) is 0 Å². The minimum absolute atomic E-state index is 0.00192. The number of carbonyl (C=O) groups is 1. The first-order chi connectivity index (χ1) is 13.4. The second kappa shape index (κ2) is 7.33. The van der Waals surface area contributed by atoms with E-state index < -0.39 is 10.0 Å². The Morgan fingerprint density at radius 1 is 0.857 bits per heavy atom. The summed E-state index contributed by atoms with van der Waals surface area (Å²) in [5.41, 5.74) is 5.38. The van der Waals surface area contributed by atoms with Crippen molar-refractivity contribution in [1.82, 2.24) is 9.21 Å². The second-order valence-electron chi connectivity index (χ2n) is 7.78. The Hall–Kier alpha value is -2.18. The second-order valence-corrected chi connectivity index (χ2v) is 9.72. The summed E-state index contributed by atoms with van der Waals surface area (Å²) in [6.07, 6.45) is 3.29. The van der Waals surface area contributed by atoms with E-state index in [9.17, 15) is 13.2 Å². The number of piperazine rings is 1. The van der Waals surface area contributed by atoms with Crippen LogP contribution in [0.25, 0.3) is 0 Å². The fourth-order valence-corrected chi connectivity index (χ4v) is 5.55. The quantitative estimate of drug-likeness (QED) is 0.799. The van der Waals surface area contributed by atoms with Crippen LogP contribution in [-0.2, 0) is 22.9 Å². The zero-order chi connectivity index (χ0) is 19.9. The molecule has 5 nitrogen and oxygen atoms in total. The molecule has 0 unspecified atom stereocenters. The van der Waals surface area contributed by atoms with Gasteiger partial charge in [-0.05, 0) is 79.6 Å². The lowest BCUT2D eigenvalue weighted by atomic mass is 10.1. The number of rotatable bonds is 3. The maximum Gasteiger partial charge on any atom is 0.253 e. The summed E-state index contributed by atoms with van der Waals surface area (Å²) >= 11 is 0. The molecular weight excluding hydrogens is 372 g/mol. The first-order valence-electron chi connectivity index (χ1n) is 9.85. The Bertz CT molecular complexity index is 1020. The minimum Gasteiger partial charge on any atom is -0.336 e. The first kappa shape index (κ1) is 19.2. The number of amides is 1. The summed E-state index contributed by atoms with van der Waals surface area (Å²) in [6.45, 7) is 5.37. The van der Waals surface area contributed by atoms with Crippen molar-refractivity contribution < 1.29 is 13.2 Å². The number of fused-ring (bicyclic) bond motifs is 1. The van der Waals surface area contributed by atoms with Gasteiger partial charge in [-0.25, -0.2) is 8.42 Å². The molecule has 0 bridgehead atoms. The third kappa shape index (κ3) is 3.47. The highest BCUT2D eigenvalue weighted by molar-refractivity contribution is 7.89. The smallest absolute Gasteiger partial charge is 0.253 e. The molecule has 0 radical (unpaired) electrons. The van der Waals surface area contributed by atoms with E-state index in [-0.39, 0.29) is 5.91 Å². The van der Waals surface area contributed by atoms with Gasteiger partial charge in [0.1, 0.15) is 0 Å². The molecule has 2 aliphatic rings. The van der Waals surface area contributed by atoms with Gasteiger partial charge in [0.05, 0.1) is 4.90 Å². The molecule has 28 heavy (non-hydrogen) atoms. The first-order valence-corrected chi connectivity index (χ1v) is 11.3. The highest BCUT2D eigenvalue weighted by atomic mass is 32.2. The molecule has 0 saturated carbocycles. The van der Waals surface area contributed by atoms with Crippen molar-refractivity contribution >= 4 is 15.9 Å². The summed E-state index contributed by atoms with van der Waals surface area (Å²) in [6, 6.07) is 11.2. The van der Waals surface area contributed by atoms with Gasteiger partial charge in [0, 0.05) is 31.7 Å². The van der Waals surface area contributed by atoms with Crippen LogP contribution < -0.4 is 0 Å². The van der Waals surface area contributed by atoms with Crippen LogP contribution in [0.4, 0.5) is 0 Å². The van der Waals surface area contributed by atoms with Gasteiger partial charge in [-0.15, -0.1) is 0 Å². The molecule has 0 aromatic heterocycles. The van der Waals surface area contributed by atoms with Crippen molar-refractivity contribution in [3.8, 4) is 0 Å². The van der Waals surface area contributed by atoms with Gasteiger partial charge in [-0.1, -0.05) is 12.1 Å². The number of benzene rings is 2. The normalized spacial score (nSPS) is 17.6. The molecule has 4 rings (SSSR count). The SMILES string of the molecule is Cc1ccc(S(=O)(=O)N2CCN(C(=O)c3ccc4c(c3)CCC4)CC2)cc1C. The van der Waals surface area contributed by atoms with Crippen LogP contribution in [0.15, 0.2) is 41.3 Å². The lowest BCUT2D eigenvalue weighted by Gasteiger charge is -2.34. The minimum atomic E-state index is -3.53. The van der Waals surface area contributed by atoms with Crippen molar-refractivity contribution in [2.45, 2.75) is 38.0 Å². The van der Waals surface area contributed by atoms with E-state index in [0.29, 0.717) is 36.6 Å². The third-order valence-corrected chi connectivity index (χ3v) is 7.88. The molecule has 1 aliphatic heterocycles. The molecule has 1 heterocycles. The van der Waals surface area contributed by atoms with Gasteiger partial charge in [0.25, 0.3) is 5.91 Å². The van der Waals surface area contributed by atoms with Crippen LogP contribution in [0.5, 0.6) is 0 Å². The average molecular weight is 399 g/mol. The van der Waals surface area contributed by atoms with E-state index in [4.69, 9.17) is 0 Å². The Morgan fingerprint density at radius 3 is 2.29 bits per heavy atom. The summed E-state index contributed by atoms with van der Waals surface area (Å²) in [5, 5.41) is 0. The van der Waals surface area contributed by atoms with E-state index in [2.05, 4.69) is 6.07 Å². The predicted octanol–water partition coefficient (Wildman–Crippen LogP) is 2.94. The molecule has 1 fully saturated rings. The van der Waals surface area contributed by atoms with Crippen LogP contribution in [0, 0.1) is 13.8 Å². The third-order valence-electron chi connectivity index (χ3n) is 5.99. The van der Waals surface area contributed by atoms with Gasteiger partial charge >= 0.3 is 0 Å². The Balaban J connectivity index is 1.45. The summed E-state index contributed by atoms with van der Waals surface area (Å²) in [5.74, 6) is -0.00192. The standard InChI is InChI=1S/C22H26N2O3S/c1-16-6-9-21(14-17(16)2)28(26,27)24-12-10-23(11-13-24)22(25)20-8-7-18-4-3-5-19(18)15-20/h6-9,14-15H,3-5,10-13H2,1-2H3. The monoisotopic (exact) mass is 398 g/mol. The number of nitrogens with zero attached hydrogens (tertiary/aromatic N) is 2. The van der Waals surface area contributed by atoms with Crippen LogP contribution in [0.3, 0.4) is 0 Å². The van der Waals surface area contributed by atoms with Crippen molar-refractivity contribution in [2.75, 3.05) is 26.2 Å². The number of carbonyl (C=O) groups excluding carboxylic acids is 1. The molecule has 2 aromatic carbocycles. The molecule has 0 N–H and O–H groups in total. The maximum absolute atomic E-state index is 12.9. The largest absolute Gasteiger partial charge is 0.336 e. The molecule has 0 atom stereocenters. The van der Waals surface area contributed by atoms with Gasteiger partial charge < -0.3 is 4.90 Å². The van der Waals surface area contributed by atoms with E-state index in [1.807, 2.05) is 32.0 Å². The zero-order valence-electron chi connectivity index (χ0n) is 16.4. The zero-order valence-corrected chi connectivity index (χ0v) is 17.3. The molecule has 6 heteroatoms.